The van der Waals surface area contributed by atoms with E-state index in [9.17, 15) is 0 Å². The van der Waals surface area contributed by atoms with Crippen LogP contribution in [-0.4, -0.2) is 19.1 Å². The van der Waals surface area contributed by atoms with Gasteiger partial charge in [-0.3, -0.25) is 4.57 Å². The molecule has 1 aliphatic rings. The molecular weight excluding hydrogens is 717 g/mol. The molecule has 278 valence electrons. The van der Waals surface area contributed by atoms with Crippen LogP contribution in [-0.2, 0) is 5.41 Å². The molecule has 0 amide bonds. The van der Waals surface area contributed by atoms with E-state index in [1.165, 1.54) is 66.0 Å². The topological polar surface area (TPSA) is 35.6 Å². The molecule has 4 nitrogen and oxygen atoms in total. The zero-order valence-corrected chi connectivity index (χ0v) is 32.8. The van der Waals surface area contributed by atoms with Crippen LogP contribution in [0.1, 0.15) is 25.0 Å². The minimum Gasteiger partial charge on any atom is -0.309 e. The smallest absolute Gasteiger partial charge is 0.162 e. The minimum atomic E-state index is -0.156. The summed E-state index contributed by atoms with van der Waals surface area (Å²) in [5.41, 5.74) is 16.2. The van der Waals surface area contributed by atoms with Crippen LogP contribution in [0.2, 0.25) is 0 Å². The van der Waals surface area contributed by atoms with E-state index in [1.54, 1.807) is 0 Å². The van der Waals surface area contributed by atoms with Crippen LogP contribution in [0.3, 0.4) is 0 Å². The minimum absolute atomic E-state index is 0.156. The highest BCUT2D eigenvalue weighted by Crippen LogP contribution is 2.51. The monoisotopic (exact) mass is 754 g/mol. The van der Waals surface area contributed by atoms with E-state index in [-0.39, 0.29) is 5.41 Å². The summed E-state index contributed by atoms with van der Waals surface area (Å²) in [6.07, 6.45) is 0. The Morgan fingerprint density at radius 1 is 0.373 bits per heavy atom. The lowest BCUT2D eigenvalue weighted by Gasteiger charge is -2.21. The van der Waals surface area contributed by atoms with Gasteiger partial charge >= 0.3 is 0 Å². The molecule has 0 N–H and O–H groups in total. The lowest BCUT2D eigenvalue weighted by molar-refractivity contribution is 0.661. The molecule has 0 atom stereocenters. The van der Waals surface area contributed by atoms with Crippen molar-refractivity contribution in [2.24, 2.45) is 0 Å². The van der Waals surface area contributed by atoms with Gasteiger partial charge in [-0.25, -0.2) is 9.97 Å². The average molecular weight is 755 g/mol. The molecule has 8 aromatic carbocycles. The summed E-state index contributed by atoms with van der Waals surface area (Å²) in [7, 11) is 0. The van der Waals surface area contributed by atoms with Gasteiger partial charge in [-0.1, -0.05) is 147 Å². The van der Waals surface area contributed by atoms with Gasteiger partial charge in [-0.2, -0.15) is 0 Å². The lowest BCUT2D eigenvalue weighted by Crippen LogP contribution is -2.15. The highest BCUT2D eigenvalue weighted by Gasteiger charge is 2.36. The van der Waals surface area contributed by atoms with Crippen LogP contribution < -0.4 is 0 Å². The molecule has 3 aromatic heterocycles. The van der Waals surface area contributed by atoms with Gasteiger partial charge in [0.05, 0.1) is 27.8 Å². The van der Waals surface area contributed by atoms with Gasteiger partial charge in [0.1, 0.15) is 5.82 Å². The van der Waals surface area contributed by atoms with Gasteiger partial charge in [0.2, 0.25) is 0 Å². The number of benzene rings is 8. The standard InChI is InChI=1S/C55H38N4/c1-55(2)46-24-14-12-22-40(46)42-32-45-44-31-38(37-26-28-50-43(30-37)41-23-13-15-25-49(41)58(50)39-20-10-5-11-21-39)27-29-51(44)59(52(45)33-47(42)55)53-34-48(35-16-6-3-7-17-35)56-54(57-53)36-18-8-4-9-19-36/h3-34H,1-2H3. The highest BCUT2D eigenvalue weighted by atomic mass is 15.1. The lowest BCUT2D eigenvalue weighted by atomic mass is 9.82. The van der Waals surface area contributed by atoms with Crippen molar-refractivity contribution in [3.05, 3.63) is 205 Å². The van der Waals surface area contributed by atoms with Crippen molar-refractivity contribution in [3.8, 4) is 56.4 Å². The van der Waals surface area contributed by atoms with Gasteiger partial charge in [-0.15, -0.1) is 0 Å². The summed E-state index contributed by atoms with van der Waals surface area (Å²) in [4.78, 5) is 10.5. The number of para-hydroxylation sites is 2. The largest absolute Gasteiger partial charge is 0.309 e. The van der Waals surface area contributed by atoms with Crippen LogP contribution in [0.5, 0.6) is 0 Å². The van der Waals surface area contributed by atoms with E-state index >= 15 is 0 Å². The van der Waals surface area contributed by atoms with Gasteiger partial charge < -0.3 is 4.57 Å². The first-order valence-electron chi connectivity index (χ1n) is 20.3. The van der Waals surface area contributed by atoms with E-state index in [0.29, 0.717) is 5.82 Å². The summed E-state index contributed by atoms with van der Waals surface area (Å²) in [6.45, 7) is 4.70. The fourth-order valence-electron chi connectivity index (χ4n) is 9.67. The molecule has 3 heterocycles. The second-order valence-corrected chi connectivity index (χ2v) is 16.2. The molecular formula is C55H38N4. The maximum atomic E-state index is 5.36. The van der Waals surface area contributed by atoms with E-state index in [0.717, 1.165) is 39.4 Å². The van der Waals surface area contributed by atoms with Crippen molar-refractivity contribution in [3.63, 3.8) is 0 Å². The molecule has 0 radical (unpaired) electrons. The second-order valence-electron chi connectivity index (χ2n) is 16.2. The third-order valence-electron chi connectivity index (χ3n) is 12.5. The Kier molecular flexibility index (Phi) is 7.24. The molecule has 0 spiro atoms. The number of fused-ring (bicyclic) bond motifs is 9. The Hall–Kier alpha value is -7.56. The Morgan fingerprint density at radius 3 is 1.69 bits per heavy atom. The van der Waals surface area contributed by atoms with E-state index in [1.807, 2.05) is 12.1 Å². The molecule has 0 saturated heterocycles. The van der Waals surface area contributed by atoms with Crippen LogP contribution in [0, 0.1) is 0 Å². The zero-order chi connectivity index (χ0) is 39.2. The molecule has 11 aromatic rings. The van der Waals surface area contributed by atoms with Crippen molar-refractivity contribution >= 4 is 43.6 Å². The van der Waals surface area contributed by atoms with Crippen LogP contribution in [0.15, 0.2) is 194 Å². The average Bonchev–Trinajstić information content (AvgIpc) is 3.88. The van der Waals surface area contributed by atoms with Crippen molar-refractivity contribution in [2.75, 3.05) is 0 Å². The normalized spacial score (nSPS) is 13.1. The summed E-state index contributed by atoms with van der Waals surface area (Å²) in [6, 6.07) is 70.0. The van der Waals surface area contributed by atoms with Gasteiger partial charge in [0, 0.05) is 49.8 Å². The summed E-state index contributed by atoms with van der Waals surface area (Å²) >= 11 is 0. The number of aromatic nitrogens is 4. The fraction of sp³-hybridized carbons (Fsp3) is 0.0545. The highest BCUT2D eigenvalue weighted by molar-refractivity contribution is 6.14. The van der Waals surface area contributed by atoms with Crippen molar-refractivity contribution in [1.29, 1.82) is 0 Å². The summed E-state index contributed by atoms with van der Waals surface area (Å²) < 4.78 is 4.74. The number of rotatable bonds is 5. The zero-order valence-electron chi connectivity index (χ0n) is 32.8. The van der Waals surface area contributed by atoms with Gasteiger partial charge in [-0.05, 0) is 88.0 Å². The molecule has 0 bridgehead atoms. The van der Waals surface area contributed by atoms with Crippen LogP contribution >= 0.6 is 0 Å². The Bertz CT molecular complexity index is 3390. The van der Waals surface area contributed by atoms with Crippen molar-refractivity contribution in [2.45, 2.75) is 19.3 Å². The Balaban J connectivity index is 1.12. The first-order valence-corrected chi connectivity index (χ1v) is 20.3. The number of nitrogens with zero attached hydrogens (tertiary/aromatic N) is 4. The maximum Gasteiger partial charge on any atom is 0.162 e. The Morgan fingerprint density at radius 2 is 0.949 bits per heavy atom. The number of hydrogen-bond donors (Lipinski definition) is 0. The van der Waals surface area contributed by atoms with Gasteiger partial charge in [0.25, 0.3) is 0 Å². The third kappa shape index (κ3) is 5.09. The number of hydrogen-bond acceptors (Lipinski definition) is 2. The molecule has 0 unspecified atom stereocenters. The molecule has 12 rings (SSSR count). The third-order valence-corrected chi connectivity index (χ3v) is 12.5. The molecule has 0 fully saturated rings. The summed E-state index contributed by atoms with van der Waals surface area (Å²) in [5, 5.41) is 4.88. The maximum absolute atomic E-state index is 5.36. The Labute approximate surface area is 342 Å². The van der Waals surface area contributed by atoms with E-state index in [4.69, 9.17) is 9.97 Å². The quantitative estimate of drug-likeness (QED) is 0.175. The van der Waals surface area contributed by atoms with E-state index < -0.39 is 0 Å². The first-order chi connectivity index (χ1) is 29.0. The molecule has 4 heteroatoms. The van der Waals surface area contributed by atoms with Crippen molar-refractivity contribution in [1.82, 2.24) is 19.1 Å². The van der Waals surface area contributed by atoms with Gasteiger partial charge in [0.15, 0.2) is 5.82 Å². The molecule has 1 aliphatic carbocycles. The van der Waals surface area contributed by atoms with E-state index in [2.05, 4.69) is 205 Å². The molecule has 59 heavy (non-hydrogen) atoms. The first kappa shape index (κ1) is 33.6. The van der Waals surface area contributed by atoms with Crippen LogP contribution in [0.4, 0.5) is 0 Å². The predicted molar refractivity (Wildman–Crippen MR) is 245 cm³/mol. The predicted octanol–water partition coefficient (Wildman–Crippen LogP) is 14.0. The molecule has 0 aliphatic heterocycles. The van der Waals surface area contributed by atoms with Crippen LogP contribution in [0.25, 0.3) is 100 Å². The molecule has 0 saturated carbocycles. The summed E-state index contributed by atoms with van der Waals surface area (Å²) in [5.74, 6) is 1.54. The van der Waals surface area contributed by atoms with Crippen molar-refractivity contribution < 1.29 is 0 Å². The SMILES string of the molecule is CC1(C)c2ccccc2-c2cc3c4cc(-c5ccc6c(c5)c5ccccc5n6-c5ccccc5)ccc4n(-c4cc(-c5ccccc5)nc(-c5ccccc5)n4)c3cc21. The fourth-order valence-corrected chi connectivity index (χ4v) is 9.67. The second kappa shape index (κ2) is 12.7.